The number of likely N-dealkylation sites (tertiary alicyclic amines) is 1. The van der Waals surface area contributed by atoms with E-state index >= 15 is 0 Å². The van der Waals surface area contributed by atoms with Gasteiger partial charge in [0.1, 0.15) is 0 Å². The number of likely N-dealkylation sites (N-methyl/N-ethyl adjacent to an activating group) is 1. The molecule has 0 bridgehead atoms. The molecule has 6 heteroatoms. The summed E-state index contributed by atoms with van der Waals surface area (Å²) in [5.74, 6) is -0.160. The van der Waals surface area contributed by atoms with Crippen molar-refractivity contribution in [3.8, 4) is 0 Å². The van der Waals surface area contributed by atoms with Crippen LogP contribution in [0.5, 0.6) is 0 Å². The van der Waals surface area contributed by atoms with E-state index in [9.17, 15) is 14.9 Å². The van der Waals surface area contributed by atoms with Gasteiger partial charge in [0.25, 0.3) is 5.69 Å². The Morgan fingerprint density at radius 3 is 2.95 bits per heavy atom. The Bertz CT molecular complexity index is 519. The van der Waals surface area contributed by atoms with Gasteiger partial charge >= 0.3 is 0 Å². The molecule has 1 aliphatic heterocycles. The van der Waals surface area contributed by atoms with E-state index in [0.717, 1.165) is 19.5 Å². The van der Waals surface area contributed by atoms with Gasteiger partial charge in [0.15, 0.2) is 0 Å². The minimum atomic E-state index is -0.446. The van der Waals surface area contributed by atoms with Gasteiger partial charge in [0, 0.05) is 24.2 Å². The third-order valence-electron chi connectivity index (χ3n) is 3.98. The third kappa shape index (κ3) is 4.01. The molecule has 0 radical (unpaired) electrons. The van der Waals surface area contributed by atoms with Crippen molar-refractivity contribution in [1.82, 2.24) is 10.2 Å². The van der Waals surface area contributed by atoms with E-state index in [-0.39, 0.29) is 18.0 Å². The SMILES string of the molecule is CCN1CCCC1CNC(=O)Cc1ccccc1[N+](=O)[O-]. The summed E-state index contributed by atoms with van der Waals surface area (Å²) >= 11 is 0. The first-order chi connectivity index (χ1) is 10.1. The van der Waals surface area contributed by atoms with E-state index in [1.807, 2.05) is 0 Å². The molecule has 1 fully saturated rings. The molecular weight excluding hydrogens is 270 g/mol. The van der Waals surface area contributed by atoms with Gasteiger partial charge in [-0.2, -0.15) is 0 Å². The van der Waals surface area contributed by atoms with E-state index < -0.39 is 4.92 Å². The van der Waals surface area contributed by atoms with Crippen LogP contribution in [0.15, 0.2) is 24.3 Å². The molecule has 0 aromatic heterocycles. The van der Waals surface area contributed by atoms with Gasteiger partial charge in [-0.15, -0.1) is 0 Å². The molecular formula is C15H21N3O3. The highest BCUT2D eigenvalue weighted by atomic mass is 16.6. The second-order valence-electron chi connectivity index (χ2n) is 5.29. The molecule has 1 N–H and O–H groups in total. The van der Waals surface area contributed by atoms with Gasteiger partial charge in [-0.1, -0.05) is 25.1 Å². The monoisotopic (exact) mass is 291 g/mol. The highest BCUT2D eigenvalue weighted by Gasteiger charge is 2.23. The summed E-state index contributed by atoms with van der Waals surface area (Å²) in [6.07, 6.45) is 2.31. The number of benzene rings is 1. The van der Waals surface area contributed by atoms with Crippen LogP contribution in [0.4, 0.5) is 5.69 Å². The second-order valence-corrected chi connectivity index (χ2v) is 5.29. The number of nitrogens with one attached hydrogen (secondary N) is 1. The van der Waals surface area contributed by atoms with Crippen LogP contribution in [-0.2, 0) is 11.2 Å². The Morgan fingerprint density at radius 2 is 2.24 bits per heavy atom. The summed E-state index contributed by atoms with van der Waals surface area (Å²) in [5, 5.41) is 13.8. The van der Waals surface area contributed by atoms with Crippen LogP contribution >= 0.6 is 0 Å². The molecule has 114 valence electrons. The number of hydrogen-bond acceptors (Lipinski definition) is 4. The van der Waals surface area contributed by atoms with Gasteiger partial charge in [0.2, 0.25) is 5.91 Å². The molecule has 6 nitrogen and oxygen atoms in total. The van der Waals surface area contributed by atoms with Crippen molar-refractivity contribution < 1.29 is 9.72 Å². The number of carbonyl (C=O) groups excluding carboxylic acids is 1. The average molecular weight is 291 g/mol. The Labute approximate surface area is 124 Å². The molecule has 0 saturated carbocycles. The van der Waals surface area contributed by atoms with E-state index in [0.29, 0.717) is 18.2 Å². The summed E-state index contributed by atoms with van der Waals surface area (Å²) < 4.78 is 0. The number of para-hydroxylation sites is 1. The van der Waals surface area contributed by atoms with Gasteiger partial charge in [-0.25, -0.2) is 0 Å². The molecule has 1 aromatic carbocycles. The first-order valence-corrected chi connectivity index (χ1v) is 7.35. The zero-order chi connectivity index (χ0) is 15.2. The normalized spacial score (nSPS) is 18.6. The largest absolute Gasteiger partial charge is 0.354 e. The number of hydrogen-bond donors (Lipinski definition) is 1. The Morgan fingerprint density at radius 1 is 1.48 bits per heavy atom. The van der Waals surface area contributed by atoms with E-state index in [1.54, 1.807) is 18.2 Å². The van der Waals surface area contributed by atoms with Crippen LogP contribution in [0.1, 0.15) is 25.3 Å². The molecule has 21 heavy (non-hydrogen) atoms. The number of carbonyl (C=O) groups is 1. The number of rotatable bonds is 6. The van der Waals surface area contributed by atoms with Gasteiger partial charge in [-0.3, -0.25) is 19.8 Å². The van der Waals surface area contributed by atoms with E-state index in [2.05, 4.69) is 17.1 Å². The Hall–Kier alpha value is -1.95. The zero-order valence-electron chi connectivity index (χ0n) is 12.2. The van der Waals surface area contributed by atoms with Crippen LogP contribution in [0, 0.1) is 10.1 Å². The standard InChI is InChI=1S/C15H21N3O3/c1-2-17-9-5-7-13(17)11-16-15(19)10-12-6-3-4-8-14(12)18(20)21/h3-4,6,8,13H,2,5,7,9-11H2,1H3,(H,16,19). The van der Waals surface area contributed by atoms with Crippen molar-refractivity contribution in [1.29, 1.82) is 0 Å². The Kier molecular flexibility index (Phi) is 5.27. The minimum absolute atomic E-state index is 0.00343. The molecule has 1 aromatic rings. The fourth-order valence-corrected chi connectivity index (χ4v) is 2.85. The lowest BCUT2D eigenvalue weighted by Gasteiger charge is -2.22. The highest BCUT2D eigenvalue weighted by molar-refractivity contribution is 5.79. The topological polar surface area (TPSA) is 75.5 Å². The van der Waals surface area contributed by atoms with E-state index in [1.165, 1.54) is 12.5 Å². The molecule has 1 aliphatic rings. The van der Waals surface area contributed by atoms with E-state index in [4.69, 9.17) is 0 Å². The van der Waals surface area contributed by atoms with Crippen LogP contribution in [-0.4, -0.2) is 41.4 Å². The maximum atomic E-state index is 12.0. The average Bonchev–Trinajstić information content (AvgIpc) is 2.93. The van der Waals surface area contributed by atoms with Crippen LogP contribution in [0.25, 0.3) is 0 Å². The number of amides is 1. The summed E-state index contributed by atoms with van der Waals surface area (Å²) in [6, 6.07) is 6.77. The fraction of sp³-hybridized carbons (Fsp3) is 0.533. The molecule has 1 heterocycles. The molecule has 1 saturated heterocycles. The summed E-state index contributed by atoms with van der Waals surface area (Å²) in [4.78, 5) is 24.8. The molecule has 0 spiro atoms. The minimum Gasteiger partial charge on any atom is -0.354 e. The third-order valence-corrected chi connectivity index (χ3v) is 3.98. The smallest absolute Gasteiger partial charge is 0.273 e. The lowest BCUT2D eigenvalue weighted by Crippen LogP contribution is -2.40. The van der Waals surface area contributed by atoms with Crippen molar-refractivity contribution >= 4 is 11.6 Å². The maximum absolute atomic E-state index is 12.0. The zero-order valence-corrected chi connectivity index (χ0v) is 12.2. The first-order valence-electron chi connectivity index (χ1n) is 7.35. The molecule has 1 atom stereocenters. The van der Waals surface area contributed by atoms with Crippen LogP contribution < -0.4 is 5.32 Å². The lowest BCUT2D eigenvalue weighted by molar-refractivity contribution is -0.385. The molecule has 2 rings (SSSR count). The highest BCUT2D eigenvalue weighted by Crippen LogP contribution is 2.18. The second kappa shape index (κ2) is 7.17. The van der Waals surface area contributed by atoms with Crippen LogP contribution in [0.2, 0.25) is 0 Å². The van der Waals surface area contributed by atoms with Crippen molar-refractivity contribution in [2.75, 3.05) is 19.6 Å². The van der Waals surface area contributed by atoms with Crippen molar-refractivity contribution in [3.63, 3.8) is 0 Å². The molecule has 1 amide bonds. The predicted molar refractivity (Wildman–Crippen MR) is 80.1 cm³/mol. The number of nitrogens with zero attached hydrogens (tertiary/aromatic N) is 2. The predicted octanol–water partition coefficient (Wildman–Crippen LogP) is 1.74. The summed E-state index contributed by atoms with van der Waals surface area (Å²) in [6.45, 7) is 4.81. The van der Waals surface area contributed by atoms with Crippen molar-refractivity contribution in [2.24, 2.45) is 0 Å². The number of nitro benzene ring substituents is 1. The summed E-state index contributed by atoms with van der Waals surface area (Å²) in [5.41, 5.74) is 0.461. The fourth-order valence-electron chi connectivity index (χ4n) is 2.85. The molecule has 0 aliphatic carbocycles. The van der Waals surface area contributed by atoms with Gasteiger partial charge in [-0.05, 0) is 25.9 Å². The summed E-state index contributed by atoms with van der Waals surface area (Å²) in [7, 11) is 0. The quantitative estimate of drug-likeness (QED) is 0.640. The number of nitro groups is 1. The van der Waals surface area contributed by atoms with Crippen LogP contribution in [0.3, 0.4) is 0 Å². The van der Waals surface area contributed by atoms with Crippen molar-refractivity contribution in [2.45, 2.75) is 32.2 Å². The maximum Gasteiger partial charge on any atom is 0.273 e. The lowest BCUT2D eigenvalue weighted by atomic mass is 10.1. The van der Waals surface area contributed by atoms with Crippen molar-refractivity contribution in [3.05, 3.63) is 39.9 Å². The first kappa shape index (κ1) is 15.4. The van der Waals surface area contributed by atoms with Gasteiger partial charge < -0.3 is 5.32 Å². The Balaban J connectivity index is 1.89. The molecule has 1 unspecified atom stereocenters. The van der Waals surface area contributed by atoms with Gasteiger partial charge in [0.05, 0.1) is 11.3 Å².